The van der Waals surface area contributed by atoms with E-state index >= 15 is 0 Å². The summed E-state index contributed by atoms with van der Waals surface area (Å²) in [7, 11) is 0. The van der Waals surface area contributed by atoms with Gasteiger partial charge in [-0.25, -0.2) is 9.07 Å². The Bertz CT molecular complexity index is 934. The van der Waals surface area contributed by atoms with E-state index in [-0.39, 0.29) is 33.5 Å². The van der Waals surface area contributed by atoms with Crippen LogP contribution < -0.4 is 15.6 Å². The van der Waals surface area contributed by atoms with Crippen LogP contribution in [-0.2, 0) is 17.9 Å². The van der Waals surface area contributed by atoms with Crippen molar-refractivity contribution in [1.82, 2.24) is 9.36 Å². The Labute approximate surface area is 148 Å². The summed E-state index contributed by atoms with van der Waals surface area (Å²) in [6.07, 6.45) is 2.13. The summed E-state index contributed by atoms with van der Waals surface area (Å²) in [5.74, 6) is -0.687. The summed E-state index contributed by atoms with van der Waals surface area (Å²) >= 11 is 6.42. The second-order valence-corrected chi connectivity index (χ2v) is 6.71. The van der Waals surface area contributed by atoms with Crippen LogP contribution in [0.4, 0.5) is 10.1 Å². The molecule has 3 heterocycles. The molecule has 1 aromatic heterocycles. The fraction of sp³-hybridized carbons (Fsp3) is 0.412. The Morgan fingerprint density at radius 2 is 1.92 bits per heavy atom. The molecule has 2 aliphatic heterocycles. The largest absolute Gasteiger partial charge is 0.479 e. The summed E-state index contributed by atoms with van der Waals surface area (Å²) in [4.78, 5) is 24.6. The minimum atomic E-state index is -0.697. The summed E-state index contributed by atoms with van der Waals surface area (Å²) < 4.78 is 23.4. The number of carbonyl (C=O) groups is 1. The molecule has 0 unspecified atom stereocenters. The van der Waals surface area contributed by atoms with Gasteiger partial charge in [-0.2, -0.15) is 0 Å². The molecule has 0 saturated carbocycles. The number of hydrogen-bond acceptors (Lipinski definition) is 3. The van der Waals surface area contributed by atoms with Gasteiger partial charge in [0.2, 0.25) is 0 Å². The van der Waals surface area contributed by atoms with Gasteiger partial charge in [-0.3, -0.25) is 14.3 Å². The van der Waals surface area contributed by atoms with Crippen LogP contribution in [0, 0.1) is 5.82 Å². The number of rotatable bonds is 1. The molecule has 4 rings (SSSR count). The first-order chi connectivity index (χ1) is 12.0. The highest BCUT2D eigenvalue weighted by Gasteiger charge is 2.28. The predicted octanol–water partition coefficient (Wildman–Crippen LogP) is 3.01. The average Bonchev–Trinajstić information content (AvgIpc) is 2.74. The number of benzene rings is 1. The standard InChI is InChI=1S/C17H17ClFN3O3/c1-9-16(23)20-12-7-10(11(19)8-13(12)25-9)14-15(18)21-5-3-2-4-6-22(21)17(14)24/h7-9H,2-6H2,1H3,(H,20,23)/t9-/m1/s1. The molecule has 0 bridgehead atoms. The zero-order valence-corrected chi connectivity index (χ0v) is 14.4. The number of nitrogens with zero attached hydrogens (tertiary/aromatic N) is 2. The van der Waals surface area contributed by atoms with Gasteiger partial charge < -0.3 is 10.1 Å². The number of ether oxygens (including phenoxy) is 1. The van der Waals surface area contributed by atoms with E-state index in [1.54, 1.807) is 16.3 Å². The van der Waals surface area contributed by atoms with E-state index in [1.165, 1.54) is 12.1 Å². The topological polar surface area (TPSA) is 65.3 Å². The van der Waals surface area contributed by atoms with Gasteiger partial charge in [-0.1, -0.05) is 11.6 Å². The van der Waals surface area contributed by atoms with Crippen LogP contribution in [0.1, 0.15) is 26.2 Å². The summed E-state index contributed by atoms with van der Waals surface area (Å²) in [6, 6.07) is 2.60. The Kier molecular flexibility index (Phi) is 3.83. The van der Waals surface area contributed by atoms with E-state index in [2.05, 4.69) is 5.32 Å². The molecular weight excluding hydrogens is 349 g/mol. The van der Waals surface area contributed by atoms with Crippen LogP contribution >= 0.6 is 11.6 Å². The quantitative estimate of drug-likeness (QED) is 0.844. The molecule has 0 aliphatic carbocycles. The number of aromatic nitrogens is 2. The molecule has 1 atom stereocenters. The van der Waals surface area contributed by atoms with E-state index in [9.17, 15) is 14.0 Å². The molecule has 132 valence electrons. The average molecular weight is 366 g/mol. The molecule has 1 N–H and O–H groups in total. The van der Waals surface area contributed by atoms with Gasteiger partial charge in [-0.15, -0.1) is 0 Å². The normalized spacial score (nSPS) is 19.5. The van der Waals surface area contributed by atoms with Crippen molar-refractivity contribution in [3.63, 3.8) is 0 Å². The zero-order chi connectivity index (χ0) is 17.7. The zero-order valence-electron chi connectivity index (χ0n) is 13.6. The van der Waals surface area contributed by atoms with Gasteiger partial charge in [0.05, 0.1) is 11.3 Å². The lowest BCUT2D eigenvalue weighted by molar-refractivity contribution is -0.122. The maximum Gasteiger partial charge on any atom is 0.276 e. The number of carbonyl (C=O) groups excluding carboxylic acids is 1. The van der Waals surface area contributed by atoms with Crippen LogP contribution in [0.2, 0.25) is 5.15 Å². The van der Waals surface area contributed by atoms with Crippen molar-refractivity contribution in [3.05, 3.63) is 33.5 Å². The summed E-state index contributed by atoms with van der Waals surface area (Å²) in [5, 5.41) is 2.89. The molecule has 1 aromatic carbocycles. The number of amides is 1. The molecule has 1 amide bonds. The highest BCUT2D eigenvalue weighted by atomic mass is 35.5. The minimum Gasteiger partial charge on any atom is -0.479 e. The molecule has 2 aliphatic rings. The maximum atomic E-state index is 14.7. The molecule has 8 heteroatoms. The first-order valence-electron chi connectivity index (χ1n) is 8.28. The monoisotopic (exact) mass is 365 g/mol. The third-order valence-electron chi connectivity index (χ3n) is 4.68. The fourth-order valence-corrected chi connectivity index (χ4v) is 3.71. The smallest absolute Gasteiger partial charge is 0.276 e. The van der Waals surface area contributed by atoms with E-state index in [0.717, 1.165) is 19.3 Å². The Hall–Kier alpha value is -2.28. The molecule has 25 heavy (non-hydrogen) atoms. The lowest BCUT2D eigenvalue weighted by Crippen LogP contribution is -2.34. The number of anilines is 1. The number of halogens is 2. The van der Waals surface area contributed by atoms with Crippen molar-refractivity contribution in [1.29, 1.82) is 0 Å². The van der Waals surface area contributed by atoms with Crippen LogP contribution in [0.3, 0.4) is 0 Å². The third-order valence-corrected chi connectivity index (χ3v) is 5.07. The van der Waals surface area contributed by atoms with Crippen molar-refractivity contribution in [2.75, 3.05) is 5.32 Å². The molecule has 0 spiro atoms. The maximum absolute atomic E-state index is 14.7. The van der Waals surface area contributed by atoms with Crippen molar-refractivity contribution in [3.8, 4) is 16.9 Å². The summed E-state index contributed by atoms with van der Waals surface area (Å²) in [6.45, 7) is 2.76. The molecule has 6 nitrogen and oxygen atoms in total. The van der Waals surface area contributed by atoms with Gasteiger partial charge in [0.1, 0.15) is 16.7 Å². The van der Waals surface area contributed by atoms with Crippen LogP contribution in [-0.4, -0.2) is 21.4 Å². The van der Waals surface area contributed by atoms with Crippen molar-refractivity contribution < 1.29 is 13.9 Å². The Balaban J connectivity index is 1.88. The van der Waals surface area contributed by atoms with Gasteiger partial charge in [0, 0.05) is 24.7 Å². The lowest BCUT2D eigenvalue weighted by atomic mass is 10.1. The van der Waals surface area contributed by atoms with Crippen LogP contribution in [0.5, 0.6) is 5.75 Å². The van der Waals surface area contributed by atoms with Crippen molar-refractivity contribution in [2.24, 2.45) is 0 Å². The SMILES string of the molecule is C[C@H]1Oc2cc(F)c(-c3c(Cl)n4n(c3=O)CCCCC4)cc2NC1=O. The molecule has 0 saturated heterocycles. The molecular formula is C17H17ClFN3O3. The second kappa shape index (κ2) is 5.91. The third kappa shape index (κ3) is 2.54. The Morgan fingerprint density at radius 1 is 1.20 bits per heavy atom. The predicted molar refractivity (Wildman–Crippen MR) is 91.7 cm³/mol. The number of hydrogen-bond donors (Lipinski definition) is 1. The van der Waals surface area contributed by atoms with Gasteiger partial charge in [0.25, 0.3) is 11.5 Å². The van der Waals surface area contributed by atoms with Gasteiger partial charge in [-0.05, 0) is 32.3 Å². The van der Waals surface area contributed by atoms with Crippen molar-refractivity contribution >= 4 is 23.2 Å². The van der Waals surface area contributed by atoms with Gasteiger partial charge >= 0.3 is 0 Å². The first kappa shape index (κ1) is 16.2. The lowest BCUT2D eigenvalue weighted by Gasteiger charge is -2.23. The minimum absolute atomic E-state index is 0.0697. The highest BCUT2D eigenvalue weighted by Crippen LogP contribution is 2.37. The van der Waals surface area contributed by atoms with Crippen molar-refractivity contribution in [2.45, 2.75) is 45.4 Å². The molecule has 2 aromatic rings. The van der Waals surface area contributed by atoms with E-state index in [4.69, 9.17) is 16.3 Å². The molecule has 0 radical (unpaired) electrons. The fourth-order valence-electron chi connectivity index (χ4n) is 3.35. The first-order valence-corrected chi connectivity index (χ1v) is 8.65. The second-order valence-electron chi connectivity index (χ2n) is 6.36. The number of nitrogens with one attached hydrogen (secondary N) is 1. The highest BCUT2D eigenvalue weighted by molar-refractivity contribution is 6.32. The van der Waals surface area contributed by atoms with E-state index in [0.29, 0.717) is 18.8 Å². The van der Waals surface area contributed by atoms with Crippen LogP contribution in [0.15, 0.2) is 16.9 Å². The van der Waals surface area contributed by atoms with E-state index in [1.807, 2.05) is 0 Å². The van der Waals surface area contributed by atoms with Gasteiger partial charge in [0.15, 0.2) is 6.10 Å². The van der Waals surface area contributed by atoms with Crippen LogP contribution in [0.25, 0.3) is 11.1 Å². The van der Waals surface area contributed by atoms with E-state index < -0.39 is 11.9 Å². The molecule has 0 fully saturated rings. The Morgan fingerprint density at radius 3 is 2.68 bits per heavy atom. The summed E-state index contributed by atoms with van der Waals surface area (Å²) in [5.41, 5.74) is 0.209. The number of fused-ring (bicyclic) bond motifs is 2.